The first kappa shape index (κ1) is 21.8. The van der Waals surface area contributed by atoms with Crippen LogP contribution in [-0.2, 0) is 9.84 Å². The van der Waals surface area contributed by atoms with Gasteiger partial charge in [-0.15, -0.1) is 0 Å². The molecule has 3 rings (SSSR count). The number of ether oxygens (including phenoxy) is 1. The Kier molecular flexibility index (Phi) is 6.14. The number of hydrogen-bond donors (Lipinski definition) is 2. The van der Waals surface area contributed by atoms with Crippen molar-refractivity contribution in [3.05, 3.63) is 81.6 Å². The largest absolute Gasteiger partial charge is 0.496 e. The highest BCUT2D eigenvalue weighted by atomic mass is 79.9. The summed E-state index contributed by atoms with van der Waals surface area (Å²) in [6.45, 7) is 1.65. The average Bonchev–Trinajstić information content (AvgIpc) is 2.74. The molecule has 1 unspecified atom stereocenters. The quantitative estimate of drug-likeness (QED) is 0.500. The fourth-order valence-corrected chi connectivity index (χ4v) is 6.02. The van der Waals surface area contributed by atoms with Crippen molar-refractivity contribution >= 4 is 37.4 Å². The summed E-state index contributed by atoms with van der Waals surface area (Å²) in [6.07, 6.45) is 2.82. The van der Waals surface area contributed by atoms with Crippen molar-refractivity contribution in [2.45, 2.75) is 17.1 Å². The molecule has 0 fully saturated rings. The Morgan fingerprint density at radius 3 is 2.50 bits per heavy atom. The normalized spacial score (nSPS) is 12.4. The van der Waals surface area contributed by atoms with Crippen molar-refractivity contribution in [1.82, 2.24) is 4.98 Å². The Bertz CT molecular complexity index is 1210. The maximum atomic E-state index is 13.8. The summed E-state index contributed by atoms with van der Waals surface area (Å²) in [5.74, 6) is -1.01. The molecule has 0 saturated carbocycles. The summed E-state index contributed by atoms with van der Waals surface area (Å²) in [7, 11) is -2.71. The third-order valence-corrected chi connectivity index (χ3v) is 7.63. The second-order valence-electron chi connectivity index (χ2n) is 6.54. The maximum Gasteiger partial charge on any atom is 0.336 e. The number of sulfone groups is 1. The van der Waals surface area contributed by atoms with Crippen molar-refractivity contribution in [3.63, 3.8) is 0 Å². The van der Waals surface area contributed by atoms with Crippen molar-refractivity contribution < 1.29 is 23.1 Å². The monoisotopic (exact) mass is 490 g/mol. The smallest absolute Gasteiger partial charge is 0.336 e. The summed E-state index contributed by atoms with van der Waals surface area (Å²) in [4.78, 5) is 16.2. The van der Waals surface area contributed by atoms with Crippen LogP contribution in [-0.4, -0.2) is 31.6 Å². The van der Waals surface area contributed by atoms with Crippen LogP contribution in [0.4, 0.5) is 5.69 Å². The molecule has 0 radical (unpaired) electrons. The van der Waals surface area contributed by atoms with E-state index in [1.165, 1.54) is 43.8 Å². The van der Waals surface area contributed by atoms with E-state index in [-0.39, 0.29) is 37.5 Å². The number of aryl methyl sites for hydroxylation is 1. The van der Waals surface area contributed by atoms with E-state index in [2.05, 4.69) is 20.9 Å². The van der Waals surface area contributed by atoms with Crippen LogP contribution >= 0.6 is 15.9 Å². The third-order valence-electron chi connectivity index (χ3n) is 4.74. The van der Waals surface area contributed by atoms with Crippen molar-refractivity contribution in [1.29, 1.82) is 0 Å². The number of methoxy groups -OCH3 is 1. The predicted octanol–water partition coefficient (Wildman–Crippen LogP) is 4.00. The second-order valence-corrected chi connectivity index (χ2v) is 9.37. The first-order valence-electron chi connectivity index (χ1n) is 8.78. The number of carboxylic acid groups (broad SMARTS) is 1. The van der Waals surface area contributed by atoms with Gasteiger partial charge in [0.25, 0.3) is 0 Å². The minimum atomic E-state index is -4.12. The van der Waals surface area contributed by atoms with Gasteiger partial charge in [-0.25, -0.2) is 13.2 Å². The van der Waals surface area contributed by atoms with Gasteiger partial charge in [0.1, 0.15) is 11.0 Å². The standard InChI is InChI=1S/C21H19BrN2O5S/c1-12-10-14(21(25)26)17(18(22)19(12)23)20(15-11-24-9-8-16(15)29-2)30(27,28)13-6-4-3-5-7-13/h3-11,20H,23H2,1-2H3,(H,25,26). The highest BCUT2D eigenvalue weighted by Crippen LogP contribution is 2.45. The molecule has 0 aliphatic rings. The van der Waals surface area contributed by atoms with Gasteiger partial charge in [0.15, 0.2) is 9.84 Å². The number of aromatic nitrogens is 1. The van der Waals surface area contributed by atoms with E-state index < -0.39 is 21.1 Å². The van der Waals surface area contributed by atoms with Gasteiger partial charge in [0, 0.05) is 33.7 Å². The van der Waals surface area contributed by atoms with Gasteiger partial charge in [-0.3, -0.25) is 4.98 Å². The molecular weight excluding hydrogens is 472 g/mol. The van der Waals surface area contributed by atoms with Gasteiger partial charge in [-0.2, -0.15) is 0 Å². The highest BCUT2D eigenvalue weighted by Gasteiger charge is 2.38. The summed E-state index contributed by atoms with van der Waals surface area (Å²) in [5, 5.41) is 8.44. The molecule has 0 spiro atoms. The lowest BCUT2D eigenvalue weighted by atomic mass is 9.96. The van der Waals surface area contributed by atoms with E-state index in [9.17, 15) is 18.3 Å². The van der Waals surface area contributed by atoms with E-state index in [0.29, 0.717) is 5.56 Å². The number of aromatic carboxylic acids is 1. The van der Waals surface area contributed by atoms with Crippen molar-refractivity contribution in [2.75, 3.05) is 12.8 Å². The van der Waals surface area contributed by atoms with E-state index in [4.69, 9.17) is 10.5 Å². The minimum absolute atomic E-state index is 0.0146. The molecule has 1 heterocycles. The maximum absolute atomic E-state index is 13.8. The molecule has 0 aliphatic heterocycles. The summed E-state index contributed by atoms with van der Waals surface area (Å²) < 4.78 is 33.2. The molecule has 2 aromatic carbocycles. The SMILES string of the molecule is COc1ccncc1C(c1c(C(=O)O)cc(C)c(N)c1Br)S(=O)(=O)c1ccccc1. The molecule has 0 bridgehead atoms. The molecule has 30 heavy (non-hydrogen) atoms. The lowest BCUT2D eigenvalue weighted by molar-refractivity contribution is 0.0695. The number of rotatable bonds is 6. The second kappa shape index (κ2) is 8.45. The van der Waals surface area contributed by atoms with Crippen LogP contribution in [0.5, 0.6) is 5.75 Å². The number of benzene rings is 2. The summed E-state index contributed by atoms with van der Waals surface area (Å²) in [5.41, 5.74) is 6.95. The van der Waals surface area contributed by atoms with Gasteiger partial charge < -0.3 is 15.6 Å². The molecule has 0 aliphatic carbocycles. The molecule has 3 N–H and O–H groups in total. The van der Waals surface area contributed by atoms with Gasteiger partial charge in [0.2, 0.25) is 0 Å². The van der Waals surface area contributed by atoms with Crippen LogP contribution in [0.25, 0.3) is 0 Å². The highest BCUT2D eigenvalue weighted by molar-refractivity contribution is 9.10. The number of nitrogens with two attached hydrogens (primary N) is 1. The number of nitrogen functional groups attached to an aromatic ring is 1. The van der Waals surface area contributed by atoms with Gasteiger partial charge in [0.05, 0.1) is 17.6 Å². The topological polar surface area (TPSA) is 120 Å². The zero-order valence-corrected chi connectivity index (χ0v) is 18.6. The van der Waals surface area contributed by atoms with Gasteiger partial charge in [-0.05, 0) is 52.7 Å². The van der Waals surface area contributed by atoms with Crippen LogP contribution in [0.1, 0.15) is 32.3 Å². The molecule has 7 nitrogen and oxygen atoms in total. The third kappa shape index (κ3) is 3.78. The van der Waals surface area contributed by atoms with E-state index in [0.717, 1.165) is 0 Å². The first-order chi connectivity index (χ1) is 14.2. The van der Waals surface area contributed by atoms with Crippen LogP contribution < -0.4 is 10.5 Å². The van der Waals surface area contributed by atoms with Crippen LogP contribution in [0.3, 0.4) is 0 Å². The first-order valence-corrected chi connectivity index (χ1v) is 11.1. The van der Waals surface area contributed by atoms with Crippen LogP contribution in [0.15, 0.2) is 64.2 Å². The molecule has 1 aromatic heterocycles. The zero-order chi connectivity index (χ0) is 22.1. The summed E-state index contributed by atoms with van der Waals surface area (Å²) in [6, 6.07) is 10.7. The van der Waals surface area contributed by atoms with Crippen molar-refractivity contribution in [3.8, 4) is 5.75 Å². The number of pyridine rings is 1. The number of carbonyl (C=O) groups is 1. The minimum Gasteiger partial charge on any atom is -0.496 e. The van der Waals surface area contributed by atoms with E-state index in [1.54, 1.807) is 25.1 Å². The zero-order valence-electron chi connectivity index (χ0n) is 16.2. The molecule has 1 atom stereocenters. The van der Waals surface area contributed by atoms with E-state index >= 15 is 0 Å². The Labute approximate surface area is 182 Å². The van der Waals surface area contributed by atoms with Crippen molar-refractivity contribution in [2.24, 2.45) is 0 Å². The number of carboxylic acids is 1. The van der Waals surface area contributed by atoms with E-state index in [1.807, 2.05) is 0 Å². The number of hydrogen-bond acceptors (Lipinski definition) is 6. The number of anilines is 1. The Balaban J connectivity index is 2.47. The number of halogens is 1. The molecule has 3 aromatic rings. The van der Waals surface area contributed by atoms with Crippen LogP contribution in [0, 0.1) is 6.92 Å². The van der Waals surface area contributed by atoms with Gasteiger partial charge >= 0.3 is 5.97 Å². The molecule has 0 amide bonds. The molecule has 9 heteroatoms. The lowest BCUT2D eigenvalue weighted by Crippen LogP contribution is -2.21. The molecule has 0 saturated heterocycles. The lowest BCUT2D eigenvalue weighted by Gasteiger charge is -2.24. The molecular formula is C21H19BrN2O5S. The fraction of sp³-hybridized carbons (Fsp3) is 0.143. The Morgan fingerprint density at radius 2 is 1.90 bits per heavy atom. The Morgan fingerprint density at radius 1 is 1.23 bits per heavy atom. The fourth-order valence-electron chi connectivity index (χ4n) is 3.24. The van der Waals surface area contributed by atoms with Gasteiger partial charge in [-0.1, -0.05) is 18.2 Å². The average molecular weight is 491 g/mol. The summed E-state index contributed by atoms with van der Waals surface area (Å²) >= 11 is 3.35. The predicted molar refractivity (Wildman–Crippen MR) is 117 cm³/mol. The molecule has 156 valence electrons. The number of nitrogens with zero attached hydrogens (tertiary/aromatic N) is 1. The Hall–Kier alpha value is -2.91. The van der Waals surface area contributed by atoms with Crippen LogP contribution in [0.2, 0.25) is 0 Å².